The van der Waals surface area contributed by atoms with Crippen molar-refractivity contribution in [1.82, 2.24) is 15.2 Å². The van der Waals surface area contributed by atoms with E-state index < -0.39 is 0 Å². The first-order valence-electron chi connectivity index (χ1n) is 8.39. The van der Waals surface area contributed by atoms with Crippen LogP contribution in [0.1, 0.15) is 17.4 Å². The third-order valence-electron chi connectivity index (χ3n) is 4.52. The van der Waals surface area contributed by atoms with Crippen molar-refractivity contribution < 1.29 is 4.42 Å². The molecular formula is C20H22ClN3O. The summed E-state index contributed by atoms with van der Waals surface area (Å²) in [5.41, 5.74) is 2.42. The first-order valence-corrected chi connectivity index (χ1v) is 8.39. The van der Waals surface area contributed by atoms with Crippen LogP contribution < -0.4 is 5.32 Å². The molecule has 3 aromatic rings. The van der Waals surface area contributed by atoms with Crippen LogP contribution in [-0.2, 0) is 6.54 Å². The van der Waals surface area contributed by atoms with Crippen molar-refractivity contribution in [2.45, 2.75) is 12.6 Å². The number of hydrogen-bond donors (Lipinski definition) is 1. The lowest BCUT2D eigenvalue weighted by Crippen LogP contribution is -2.45. The van der Waals surface area contributed by atoms with E-state index in [-0.39, 0.29) is 12.4 Å². The zero-order chi connectivity index (χ0) is 16.2. The Hall–Kier alpha value is -2.14. The van der Waals surface area contributed by atoms with Gasteiger partial charge in [0.15, 0.2) is 0 Å². The van der Waals surface area contributed by atoms with Crippen LogP contribution in [0.4, 0.5) is 0 Å². The average Bonchev–Trinajstić information content (AvgIpc) is 3.12. The average molecular weight is 356 g/mol. The van der Waals surface area contributed by atoms with Gasteiger partial charge in [0, 0.05) is 43.6 Å². The van der Waals surface area contributed by atoms with E-state index in [0.717, 1.165) is 43.3 Å². The van der Waals surface area contributed by atoms with Gasteiger partial charge >= 0.3 is 0 Å². The highest BCUT2D eigenvalue weighted by Crippen LogP contribution is 2.27. The fourth-order valence-electron chi connectivity index (χ4n) is 3.27. The summed E-state index contributed by atoms with van der Waals surface area (Å²) in [6.07, 6.45) is 3.73. The lowest BCUT2D eigenvalue weighted by Gasteiger charge is -2.35. The molecule has 4 rings (SSSR count). The standard InChI is InChI=1S/C20H21N3O.ClH/c1-2-4-17(5-3-1)20-7-6-18(24-20)15-23-13-12-22-14-19(23)16-8-10-21-11-9-16;/h1-11,19,22H,12-15H2;1H. The zero-order valence-corrected chi connectivity index (χ0v) is 14.8. The molecule has 0 bridgehead atoms. The second-order valence-corrected chi connectivity index (χ2v) is 6.10. The number of furan rings is 1. The van der Waals surface area contributed by atoms with Gasteiger partial charge in [-0.1, -0.05) is 30.3 Å². The maximum absolute atomic E-state index is 6.08. The Morgan fingerprint density at radius 3 is 2.64 bits per heavy atom. The first kappa shape index (κ1) is 17.7. The number of nitrogens with zero attached hydrogens (tertiary/aromatic N) is 2. The Morgan fingerprint density at radius 2 is 1.84 bits per heavy atom. The molecule has 0 radical (unpaired) electrons. The van der Waals surface area contributed by atoms with Crippen molar-refractivity contribution in [3.8, 4) is 11.3 Å². The van der Waals surface area contributed by atoms with Crippen LogP contribution in [-0.4, -0.2) is 29.5 Å². The molecule has 5 heteroatoms. The third-order valence-corrected chi connectivity index (χ3v) is 4.52. The SMILES string of the molecule is Cl.c1ccc(-c2ccc(CN3CCNCC3c3ccncc3)o2)cc1. The quantitative estimate of drug-likeness (QED) is 0.770. The molecule has 1 atom stereocenters. The molecule has 1 fully saturated rings. The number of halogens is 1. The molecule has 3 heterocycles. The molecule has 0 saturated carbocycles. The van der Waals surface area contributed by atoms with Crippen LogP contribution >= 0.6 is 12.4 Å². The van der Waals surface area contributed by atoms with Gasteiger partial charge in [0.05, 0.1) is 6.54 Å². The van der Waals surface area contributed by atoms with Gasteiger partial charge in [-0.2, -0.15) is 0 Å². The Kier molecular flexibility index (Phi) is 5.87. The molecule has 0 aliphatic carbocycles. The first-order chi connectivity index (χ1) is 11.9. The predicted molar refractivity (Wildman–Crippen MR) is 102 cm³/mol. The van der Waals surface area contributed by atoms with Crippen molar-refractivity contribution >= 4 is 12.4 Å². The largest absolute Gasteiger partial charge is 0.460 e. The third kappa shape index (κ3) is 4.10. The van der Waals surface area contributed by atoms with Gasteiger partial charge in [-0.25, -0.2) is 0 Å². The van der Waals surface area contributed by atoms with Gasteiger partial charge in [0.25, 0.3) is 0 Å². The predicted octanol–water partition coefficient (Wildman–Crippen LogP) is 3.91. The van der Waals surface area contributed by atoms with Gasteiger partial charge < -0.3 is 9.73 Å². The second-order valence-electron chi connectivity index (χ2n) is 6.10. The van der Waals surface area contributed by atoms with Crippen LogP contribution in [0.3, 0.4) is 0 Å². The number of hydrogen-bond acceptors (Lipinski definition) is 4. The van der Waals surface area contributed by atoms with Crippen LogP contribution in [0.2, 0.25) is 0 Å². The molecule has 1 saturated heterocycles. The molecule has 1 unspecified atom stereocenters. The summed E-state index contributed by atoms with van der Waals surface area (Å²) in [6.45, 7) is 3.79. The summed E-state index contributed by atoms with van der Waals surface area (Å²) in [7, 11) is 0. The highest BCUT2D eigenvalue weighted by atomic mass is 35.5. The van der Waals surface area contributed by atoms with E-state index in [1.165, 1.54) is 5.56 Å². The van der Waals surface area contributed by atoms with E-state index in [2.05, 4.69) is 51.6 Å². The Morgan fingerprint density at radius 1 is 1.04 bits per heavy atom. The number of nitrogens with one attached hydrogen (secondary N) is 1. The Balaban J connectivity index is 0.00000182. The fraction of sp³-hybridized carbons (Fsp3) is 0.250. The molecule has 1 aliphatic heterocycles. The summed E-state index contributed by atoms with van der Waals surface area (Å²) in [5, 5.41) is 3.49. The van der Waals surface area contributed by atoms with Crippen molar-refractivity contribution in [1.29, 1.82) is 0 Å². The molecule has 0 spiro atoms. The number of rotatable bonds is 4. The fourth-order valence-corrected chi connectivity index (χ4v) is 3.27. The van der Waals surface area contributed by atoms with E-state index in [1.807, 2.05) is 30.6 Å². The Labute approximate surface area is 154 Å². The summed E-state index contributed by atoms with van der Waals surface area (Å²) in [6, 6.07) is 19.0. The smallest absolute Gasteiger partial charge is 0.134 e. The van der Waals surface area contributed by atoms with E-state index in [1.54, 1.807) is 0 Å². The molecule has 1 aromatic carbocycles. The molecule has 130 valence electrons. The van der Waals surface area contributed by atoms with Crippen molar-refractivity contribution in [3.05, 3.63) is 78.3 Å². The zero-order valence-electron chi connectivity index (χ0n) is 14.0. The summed E-state index contributed by atoms with van der Waals surface area (Å²) in [4.78, 5) is 6.60. The molecular weight excluding hydrogens is 334 g/mol. The minimum absolute atomic E-state index is 0. The minimum Gasteiger partial charge on any atom is -0.460 e. The maximum Gasteiger partial charge on any atom is 0.134 e. The van der Waals surface area contributed by atoms with E-state index >= 15 is 0 Å². The maximum atomic E-state index is 6.08. The van der Waals surface area contributed by atoms with Gasteiger partial charge in [0.2, 0.25) is 0 Å². The molecule has 0 amide bonds. The summed E-state index contributed by atoms with van der Waals surface area (Å²) >= 11 is 0. The van der Waals surface area contributed by atoms with Gasteiger partial charge in [-0.15, -0.1) is 12.4 Å². The minimum atomic E-state index is 0. The Bertz CT molecular complexity index is 776. The highest BCUT2D eigenvalue weighted by molar-refractivity contribution is 5.85. The van der Waals surface area contributed by atoms with E-state index in [0.29, 0.717) is 6.04 Å². The van der Waals surface area contributed by atoms with Crippen LogP contribution in [0, 0.1) is 0 Å². The monoisotopic (exact) mass is 355 g/mol. The second kappa shape index (κ2) is 8.30. The number of pyridine rings is 1. The number of piperazine rings is 1. The number of benzene rings is 1. The van der Waals surface area contributed by atoms with Crippen LogP contribution in [0.25, 0.3) is 11.3 Å². The van der Waals surface area contributed by atoms with Crippen LogP contribution in [0.15, 0.2) is 71.4 Å². The topological polar surface area (TPSA) is 41.3 Å². The lowest BCUT2D eigenvalue weighted by atomic mass is 10.0. The normalized spacial score (nSPS) is 17.8. The van der Waals surface area contributed by atoms with Gasteiger partial charge in [-0.05, 0) is 29.8 Å². The number of aromatic nitrogens is 1. The van der Waals surface area contributed by atoms with Crippen molar-refractivity contribution in [2.75, 3.05) is 19.6 Å². The van der Waals surface area contributed by atoms with Gasteiger partial charge in [0.1, 0.15) is 11.5 Å². The summed E-state index contributed by atoms with van der Waals surface area (Å²) in [5.74, 6) is 1.94. The summed E-state index contributed by atoms with van der Waals surface area (Å²) < 4.78 is 6.08. The van der Waals surface area contributed by atoms with Gasteiger partial charge in [-0.3, -0.25) is 9.88 Å². The van der Waals surface area contributed by atoms with E-state index in [4.69, 9.17) is 4.42 Å². The molecule has 25 heavy (non-hydrogen) atoms. The molecule has 1 aliphatic rings. The van der Waals surface area contributed by atoms with E-state index in [9.17, 15) is 0 Å². The van der Waals surface area contributed by atoms with Crippen molar-refractivity contribution in [2.24, 2.45) is 0 Å². The van der Waals surface area contributed by atoms with Crippen LogP contribution in [0.5, 0.6) is 0 Å². The van der Waals surface area contributed by atoms with Crippen molar-refractivity contribution in [3.63, 3.8) is 0 Å². The lowest BCUT2D eigenvalue weighted by molar-refractivity contribution is 0.143. The molecule has 2 aromatic heterocycles. The highest BCUT2D eigenvalue weighted by Gasteiger charge is 2.24. The molecule has 4 nitrogen and oxygen atoms in total. The molecule has 1 N–H and O–H groups in total.